The Labute approximate surface area is 207 Å². The van der Waals surface area contributed by atoms with Crippen LogP contribution < -0.4 is 5.32 Å². The molecule has 34 heavy (non-hydrogen) atoms. The fourth-order valence-corrected chi connectivity index (χ4v) is 6.90. The highest BCUT2D eigenvalue weighted by atomic mass is 32.1. The average molecular weight is 480 g/mol. The molecule has 3 aromatic heterocycles. The topological polar surface area (TPSA) is 53.4 Å². The molecule has 1 saturated heterocycles. The fourth-order valence-electron chi connectivity index (χ4n) is 5.69. The van der Waals surface area contributed by atoms with E-state index in [2.05, 4.69) is 28.1 Å². The summed E-state index contributed by atoms with van der Waals surface area (Å²) in [5.41, 5.74) is 3.10. The first kappa shape index (κ1) is 23.5. The van der Waals surface area contributed by atoms with Gasteiger partial charge in [-0.05, 0) is 63.4 Å². The van der Waals surface area contributed by atoms with E-state index >= 15 is 0 Å². The lowest BCUT2D eigenvalue weighted by atomic mass is 9.94. The number of pyridine rings is 1. The molecular weight excluding hydrogens is 442 g/mol. The van der Waals surface area contributed by atoms with Gasteiger partial charge in [-0.15, -0.1) is 11.3 Å². The SMILES string of the molecule is Cc1cc(C)c2c(-n3cccc3)c(C(=O)NCCCN3CCN(C4CCCCC4)CC3)sc2n1. The van der Waals surface area contributed by atoms with Crippen molar-refractivity contribution in [3.63, 3.8) is 0 Å². The number of rotatable bonds is 7. The highest BCUT2D eigenvalue weighted by Gasteiger charge is 2.25. The molecule has 1 N–H and O–H groups in total. The average Bonchev–Trinajstić information content (AvgIpc) is 3.50. The monoisotopic (exact) mass is 479 g/mol. The van der Waals surface area contributed by atoms with E-state index in [-0.39, 0.29) is 5.91 Å². The Morgan fingerprint density at radius 1 is 1.09 bits per heavy atom. The molecule has 0 bridgehead atoms. The second kappa shape index (κ2) is 10.6. The number of aryl methyl sites for hydroxylation is 2. The first-order chi connectivity index (χ1) is 16.6. The minimum absolute atomic E-state index is 0.00544. The first-order valence-electron chi connectivity index (χ1n) is 12.9. The Morgan fingerprint density at radius 2 is 1.82 bits per heavy atom. The van der Waals surface area contributed by atoms with Gasteiger partial charge in [0.05, 0.1) is 5.69 Å². The van der Waals surface area contributed by atoms with Crippen molar-refractivity contribution in [1.82, 2.24) is 24.7 Å². The van der Waals surface area contributed by atoms with E-state index in [0.717, 1.165) is 64.1 Å². The van der Waals surface area contributed by atoms with E-state index in [9.17, 15) is 4.79 Å². The van der Waals surface area contributed by atoms with Crippen LogP contribution in [0.15, 0.2) is 30.6 Å². The number of thiophene rings is 1. The standard InChI is InChI=1S/C27H37N5OS/c1-20-19-21(2)29-27-23(20)24(32-13-6-7-14-32)25(34-27)26(33)28-11-8-12-30-15-17-31(18-16-30)22-9-4-3-5-10-22/h6-7,13-14,19,22H,3-5,8-12,15-18H2,1-2H3,(H,28,33). The summed E-state index contributed by atoms with van der Waals surface area (Å²) in [6, 6.07) is 6.91. The molecule has 182 valence electrons. The minimum Gasteiger partial charge on any atom is -0.351 e. The highest BCUT2D eigenvalue weighted by molar-refractivity contribution is 7.21. The molecule has 3 aromatic rings. The lowest BCUT2D eigenvalue weighted by molar-refractivity contribution is 0.0779. The number of carbonyl (C=O) groups excluding carboxylic acids is 1. The summed E-state index contributed by atoms with van der Waals surface area (Å²) in [4.78, 5) is 24.9. The molecule has 1 saturated carbocycles. The maximum Gasteiger partial charge on any atom is 0.263 e. The van der Waals surface area contributed by atoms with Gasteiger partial charge in [-0.3, -0.25) is 9.69 Å². The van der Waals surface area contributed by atoms with Gasteiger partial charge in [0, 0.05) is 62.2 Å². The summed E-state index contributed by atoms with van der Waals surface area (Å²) in [5.74, 6) is 0.00544. The molecule has 0 aromatic carbocycles. The molecule has 0 unspecified atom stereocenters. The molecule has 0 radical (unpaired) electrons. The van der Waals surface area contributed by atoms with Crippen molar-refractivity contribution in [3.05, 3.63) is 46.7 Å². The maximum atomic E-state index is 13.2. The summed E-state index contributed by atoms with van der Waals surface area (Å²) >= 11 is 1.50. The van der Waals surface area contributed by atoms with Crippen molar-refractivity contribution in [2.45, 2.75) is 58.4 Å². The van der Waals surface area contributed by atoms with Crippen molar-refractivity contribution >= 4 is 27.5 Å². The van der Waals surface area contributed by atoms with Crippen molar-refractivity contribution in [3.8, 4) is 5.69 Å². The van der Waals surface area contributed by atoms with Crippen LogP contribution in [0.5, 0.6) is 0 Å². The Bertz CT molecular complexity index is 1110. The zero-order chi connectivity index (χ0) is 23.5. The zero-order valence-corrected chi connectivity index (χ0v) is 21.4. The Morgan fingerprint density at radius 3 is 2.56 bits per heavy atom. The smallest absolute Gasteiger partial charge is 0.263 e. The number of nitrogens with one attached hydrogen (secondary N) is 1. The molecular formula is C27H37N5OS. The van der Waals surface area contributed by atoms with Gasteiger partial charge in [0.15, 0.2) is 0 Å². The van der Waals surface area contributed by atoms with Crippen LogP contribution in [0.4, 0.5) is 0 Å². The number of piperazine rings is 1. The third kappa shape index (κ3) is 5.07. The number of amides is 1. The zero-order valence-electron chi connectivity index (χ0n) is 20.6. The Kier molecular flexibility index (Phi) is 7.32. The minimum atomic E-state index is 0.00544. The van der Waals surface area contributed by atoms with E-state index < -0.39 is 0 Å². The maximum absolute atomic E-state index is 13.2. The molecule has 4 heterocycles. The van der Waals surface area contributed by atoms with Gasteiger partial charge in [-0.1, -0.05) is 19.3 Å². The van der Waals surface area contributed by atoms with E-state index in [4.69, 9.17) is 4.98 Å². The third-order valence-electron chi connectivity index (χ3n) is 7.47. The number of carbonyl (C=O) groups is 1. The van der Waals surface area contributed by atoms with Crippen molar-refractivity contribution in [1.29, 1.82) is 0 Å². The quantitative estimate of drug-likeness (QED) is 0.496. The molecule has 7 heteroatoms. The molecule has 1 aliphatic heterocycles. The molecule has 0 spiro atoms. The lowest BCUT2D eigenvalue weighted by Crippen LogP contribution is -2.51. The van der Waals surface area contributed by atoms with Gasteiger partial charge < -0.3 is 14.8 Å². The summed E-state index contributed by atoms with van der Waals surface area (Å²) in [5, 5.41) is 4.27. The van der Waals surface area contributed by atoms with Crippen LogP contribution in [0.1, 0.15) is 59.5 Å². The van der Waals surface area contributed by atoms with Gasteiger partial charge in [0.25, 0.3) is 5.91 Å². The highest BCUT2D eigenvalue weighted by Crippen LogP contribution is 2.35. The van der Waals surface area contributed by atoms with Crippen LogP contribution in [0.2, 0.25) is 0 Å². The van der Waals surface area contributed by atoms with Crippen molar-refractivity contribution in [2.75, 3.05) is 39.3 Å². The van der Waals surface area contributed by atoms with E-state index in [1.165, 1.54) is 56.5 Å². The third-order valence-corrected chi connectivity index (χ3v) is 8.54. The first-order valence-corrected chi connectivity index (χ1v) is 13.7. The number of fused-ring (bicyclic) bond motifs is 1. The van der Waals surface area contributed by atoms with Crippen molar-refractivity contribution in [2.24, 2.45) is 0 Å². The van der Waals surface area contributed by atoms with E-state index in [1.807, 2.05) is 36.0 Å². The van der Waals surface area contributed by atoms with Gasteiger partial charge in [0.1, 0.15) is 9.71 Å². The largest absolute Gasteiger partial charge is 0.351 e. The van der Waals surface area contributed by atoms with Crippen molar-refractivity contribution < 1.29 is 4.79 Å². The van der Waals surface area contributed by atoms with Crippen LogP contribution >= 0.6 is 11.3 Å². The van der Waals surface area contributed by atoms with Gasteiger partial charge in [-0.2, -0.15) is 0 Å². The summed E-state index contributed by atoms with van der Waals surface area (Å²) in [6.07, 6.45) is 12.0. The van der Waals surface area contributed by atoms with Crippen LogP contribution in [0.25, 0.3) is 15.9 Å². The Balaban J connectivity index is 1.17. The molecule has 6 nitrogen and oxygen atoms in total. The number of hydrogen-bond acceptors (Lipinski definition) is 5. The second-order valence-electron chi connectivity index (χ2n) is 9.91. The molecule has 1 aliphatic carbocycles. The second-order valence-corrected chi connectivity index (χ2v) is 10.9. The van der Waals surface area contributed by atoms with Crippen LogP contribution in [-0.2, 0) is 0 Å². The van der Waals surface area contributed by atoms with E-state index in [1.54, 1.807) is 0 Å². The van der Waals surface area contributed by atoms with Crippen LogP contribution in [0.3, 0.4) is 0 Å². The summed E-state index contributed by atoms with van der Waals surface area (Å²) in [7, 11) is 0. The van der Waals surface area contributed by atoms with Gasteiger partial charge in [0.2, 0.25) is 0 Å². The predicted molar refractivity (Wildman–Crippen MR) is 140 cm³/mol. The Hall–Kier alpha value is -2.22. The lowest BCUT2D eigenvalue weighted by Gasteiger charge is -2.40. The number of hydrogen-bond donors (Lipinski definition) is 1. The summed E-state index contributed by atoms with van der Waals surface area (Å²) in [6.45, 7) is 10.6. The molecule has 0 atom stereocenters. The normalized spacial score (nSPS) is 18.5. The molecule has 1 amide bonds. The van der Waals surface area contributed by atoms with Gasteiger partial charge in [-0.25, -0.2) is 4.98 Å². The molecule has 2 fully saturated rings. The van der Waals surface area contributed by atoms with Crippen LogP contribution in [-0.4, -0.2) is 70.6 Å². The fraction of sp³-hybridized carbons (Fsp3) is 0.556. The van der Waals surface area contributed by atoms with Crippen LogP contribution in [0, 0.1) is 13.8 Å². The molecule has 2 aliphatic rings. The molecule has 5 rings (SSSR count). The van der Waals surface area contributed by atoms with Gasteiger partial charge >= 0.3 is 0 Å². The number of aromatic nitrogens is 2. The summed E-state index contributed by atoms with van der Waals surface area (Å²) < 4.78 is 2.05. The predicted octanol–water partition coefficient (Wildman–Crippen LogP) is 4.77. The number of nitrogens with zero attached hydrogens (tertiary/aromatic N) is 4. The van der Waals surface area contributed by atoms with E-state index in [0.29, 0.717) is 6.54 Å².